The van der Waals surface area contributed by atoms with Crippen LogP contribution in [0.3, 0.4) is 0 Å². The molecular weight excluding hydrogens is 414 g/mol. The highest BCUT2D eigenvalue weighted by Gasteiger charge is 2.26. The molecule has 7 nitrogen and oxygen atoms in total. The molecular formula is C23H29N3O4S. The predicted octanol–water partition coefficient (Wildman–Crippen LogP) is 2.95. The van der Waals surface area contributed by atoms with E-state index in [1.54, 1.807) is 60.4 Å². The molecule has 0 aliphatic carbocycles. The number of piperidine rings is 1. The van der Waals surface area contributed by atoms with E-state index >= 15 is 0 Å². The Bertz CT molecular complexity index is 1030. The van der Waals surface area contributed by atoms with Crippen molar-refractivity contribution in [3.05, 3.63) is 59.7 Å². The molecule has 2 aromatic carbocycles. The first kappa shape index (κ1) is 22.8. The van der Waals surface area contributed by atoms with Crippen molar-refractivity contribution < 1.29 is 18.0 Å². The van der Waals surface area contributed by atoms with Gasteiger partial charge in [-0.2, -0.15) is 0 Å². The van der Waals surface area contributed by atoms with Crippen molar-refractivity contribution in [2.45, 2.75) is 44.0 Å². The number of likely N-dealkylation sites (tertiary alicyclic amines) is 1. The van der Waals surface area contributed by atoms with Crippen molar-refractivity contribution >= 4 is 27.5 Å². The van der Waals surface area contributed by atoms with Gasteiger partial charge < -0.3 is 10.2 Å². The summed E-state index contributed by atoms with van der Waals surface area (Å²) >= 11 is 0. The molecule has 0 aromatic heterocycles. The van der Waals surface area contributed by atoms with Gasteiger partial charge in [0.15, 0.2) is 0 Å². The van der Waals surface area contributed by atoms with Crippen molar-refractivity contribution in [2.24, 2.45) is 0 Å². The van der Waals surface area contributed by atoms with Crippen LogP contribution in [-0.4, -0.2) is 51.3 Å². The standard InChI is InChI=1S/C23H29N3O4S/c1-4-22(27)24-19-6-5-15-26(16-19)23(28)18-9-11-20(12-10-18)25(3)31(29,30)21-13-7-17(2)8-14-21/h7-14,19H,4-6,15-16H2,1-3H3,(H,24,27). The fraction of sp³-hybridized carbons (Fsp3) is 0.391. The molecule has 2 amide bonds. The fourth-order valence-corrected chi connectivity index (χ4v) is 4.81. The maximum atomic E-state index is 12.9. The fourth-order valence-electron chi connectivity index (χ4n) is 3.61. The molecule has 0 spiro atoms. The maximum Gasteiger partial charge on any atom is 0.264 e. The van der Waals surface area contributed by atoms with Crippen LogP contribution in [0.25, 0.3) is 0 Å². The number of hydrogen-bond acceptors (Lipinski definition) is 4. The predicted molar refractivity (Wildman–Crippen MR) is 121 cm³/mol. The van der Waals surface area contributed by atoms with E-state index in [-0.39, 0.29) is 22.8 Å². The molecule has 1 aliphatic rings. The Hall–Kier alpha value is -2.87. The average molecular weight is 444 g/mol. The molecule has 1 unspecified atom stereocenters. The second-order valence-corrected chi connectivity index (χ2v) is 9.81. The van der Waals surface area contributed by atoms with Crippen LogP contribution < -0.4 is 9.62 Å². The molecule has 0 saturated carbocycles. The Labute approximate surface area is 184 Å². The molecule has 166 valence electrons. The van der Waals surface area contributed by atoms with E-state index in [2.05, 4.69) is 5.32 Å². The molecule has 3 rings (SSSR count). The lowest BCUT2D eigenvalue weighted by Crippen LogP contribution is -2.49. The van der Waals surface area contributed by atoms with Crippen molar-refractivity contribution in [1.82, 2.24) is 10.2 Å². The molecule has 31 heavy (non-hydrogen) atoms. The number of hydrogen-bond donors (Lipinski definition) is 1. The average Bonchev–Trinajstić information content (AvgIpc) is 2.78. The van der Waals surface area contributed by atoms with E-state index in [1.165, 1.54) is 11.4 Å². The summed E-state index contributed by atoms with van der Waals surface area (Å²) in [6, 6.07) is 13.2. The van der Waals surface area contributed by atoms with Gasteiger partial charge in [-0.3, -0.25) is 13.9 Å². The van der Waals surface area contributed by atoms with E-state index < -0.39 is 10.0 Å². The first-order chi connectivity index (χ1) is 14.7. The summed E-state index contributed by atoms with van der Waals surface area (Å²) in [5.74, 6) is -0.132. The zero-order valence-electron chi connectivity index (χ0n) is 18.2. The Morgan fingerprint density at radius 2 is 1.74 bits per heavy atom. The quantitative estimate of drug-likeness (QED) is 0.744. The van der Waals surface area contributed by atoms with E-state index in [9.17, 15) is 18.0 Å². The monoisotopic (exact) mass is 443 g/mol. The van der Waals surface area contributed by atoms with Gasteiger partial charge in [0.25, 0.3) is 15.9 Å². The van der Waals surface area contributed by atoms with Crippen LogP contribution in [0.15, 0.2) is 53.4 Å². The zero-order chi connectivity index (χ0) is 22.6. The van der Waals surface area contributed by atoms with E-state index in [0.717, 1.165) is 18.4 Å². The number of anilines is 1. The largest absolute Gasteiger partial charge is 0.352 e. The van der Waals surface area contributed by atoms with Crippen molar-refractivity contribution in [3.8, 4) is 0 Å². The highest BCUT2D eigenvalue weighted by molar-refractivity contribution is 7.92. The van der Waals surface area contributed by atoms with Crippen molar-refractivity contribution in [2.75, 3.05) is 24.4 Å². The number of rotatable bonds is 6. The molecule has 1 fully saturated rings. The van der Waals surface area contributed by atoms with E-state index in [0.29, 0.717) is 30.8 Å². The molecule has 1 atom stereocenters. The van der Waals surface area contributed by atoms with Crippen LogP contribution in [0.2, 0.25) is 0 Å². The first-order valence-corrected chi connectivity index (χ1v) is 11.9. The highest BCUT2D eigenvalue weighted by atomic mass is 32.2. The third kappa shape index (κ3) is 5.25. The summed E-state index contributed by atoms with van der Waals surface area (Å²) in [5, 5.41) is 2.96. The van der Waals surface area contributed by atoms with Crippen LogP contribution in [0.5, 0.6) is 0 Å². The maximum absolute atomic E-state index is 12.9. The van der Waals surface area contributed by atoms with Crippen LogP contribution in [0, 0.1) is 6.92 Å². The van der Waals surface area contributed by atoms with Crippen molar-refractivity contribution in [1.29, 1.82) is 0 Å². The number of carbonyl (C=O) groups is 2. The minimum absolute atomic E-state index is 0.0125. The smallest absolute Gasteiger partial charge is 0.264 e. The van der Waals surface area contributed by atoms with Gasteiger partial charge in [-0.25, -0.2) is 8.42 Å². The zero-order valence-corrected chi connectivity index (χ0v) is 19.0. The molecule has 1 saturated heterocycles. The van der Waals surface area contributed by atoms with Crippen LogP contribution in [0.1, 0.15) is 42.1 Å². The molecule has 8 heteroatoms. The lowest BCUT2D eigenvalue weighted by Gasteiger charge is -2.33. The summed E-state index contributed by atoms with van der Waals surface area (Å²) < 4.78 is 27.0. The molecule has 1 aliphatic heterocycles. The van der Waals surface area contributed by atoms with Gasteiger partial charge in [-0.1, -0.05) is 24.6 Å². The number of nitrogens with zero attached hydrogens (tertiary/aromatic N) is 2. The van der Waals surface area contributed by atoms with Gasteiger partial charge in [0, 0.05) is 38.2 Å². The summed E-state index contributed by atoms with van der Waals surface area (Å²) in [7, 11) is -2.19. The SMILES string of the molecule is CCC(=O)NC1CCCN(C(=O)c2ccc(N(C)S(=O)(=O)c3ccc(C)cc3)cc2)C1. The Morgan fingerprint density at radius 1 is 1.10 bits per heavy atom. The Kier molecular flexibility index (Phi) is 7.00. The number of carbonyl (C=O) groups excluding carboxylic acids is 2. The first-order valence-electron chi connectivity index (χ1n) is 10.5. The number of nitrogens with one attached hydrogen (secondary N) is 1. The van der Waals surface area contributed by atoms with Crippen LogP contribution in [-0.2, 0) is 14.8 Å². The lowest BCUT2D eigenvalue weighted by atomic mass is 10.0. The van der Waals surface area contributed by atoms with Crippen LogP contribution >= 0.6 is 0 Å². The summed E-state index contributed by atoms with van der Waals surface area (Å²) in [6.45, 7) is 4.83. The van der Waals surface area contributed by atoms with Crippen molar-refractivity contribution in [3.63, 3.8) is 0 Å². The molecule has 2 aromatic rings. The molecule has 1 N–H and O–H groups in total. The van der Waals surface area contributed by atoms with Crippen LogP contribution in [0.4, 0.5) is 5.69 Å². The summed E-state index contributed by atoms with van der Waals surface area (Å²) in [5.41, 5.74) is 1.95. The summed E-state index contributed by atoms with van der Waals surface area (Å²) in [4.78, 5) is 26.5. The number of sulfonamides is 1. The second kappa shape index (κ2) is 9.51. The van der Waals surface area contributed by atoms with Gasteiger partial charge in [-0.05, 0) is 56.2 Å². The van der Waals surface area contributed by atoms with Gasteiger partial charge >= 0.3 is 0 Å². The molecule has 0 bridgehead atoms. The van der Waals surface area contributed by atoms with E-state index in [1.807, 2.05) is 6.92 Å². The lowest BCUT2D eigenvalue weighted by molar-refractivity contribution is -0.121. The minimum atomic E-state index is -3.69. The number of aryl methyl sites for hydroxylation is 1. The summed E-state index contributed by atoms with van der Waals surface area (Å²) in [6.07, 6.45) is 2.11. The third-order valence-electron chi connectivity index (χ3n) is 5.55. The Morgan fingerprint density at radius 3 is 2.35 bits per heavy atom. The normalized spacial score (nSPS) is 16.6. The minimum Gasteiger partial charge on any atom is -0.352 e. The van der Waals surface area contributed by atoms with Gasteiger partial charge in [0.1, 0.15) is 0 Å². The third-order valence-corrected chi connectivity index (χ3v) is 7.35. The van der Waals surface area contributed by atoms with Gasteiger partial charge in [-0.15, -0.1) is 0 Å². The number of benzene rings is 2. The molecule has 1 heterocycles. The van der Waals surface area contributed by atoms with Gasteiger partial charge in [0.2, 0.25) is 5.91 Å². The highest BCUT2D eigenvalue weighted by Crippen LogP contribution is 2.23. The number of amides is 2. The van der Waals surface area contributed by atoms with E-state index in [4.69, 9.17) is 0 Å². The Balaban J connectivity index is 1.71. The topological polar surface area (TPSA) is 86.8 Å². The molecule has 0 radical (unpaired) electrons. The second-order valence-electron chi connectivity index (χ2n) is 7.84. The van der Waals surface area contributed by atoms with Gasteiger partial charge in [0.05, 0.1) is 10.6 Å².